The largest absolute Gasteiger partial charge is 0.481 e. The van der Waals surface area contributed by atoms with Crippen molar-refractivity contribution in [1.82, 2.24) is 10.6 Å². The molecule has 3 rings (SSSR count). The SMILES string of the molecule is CCC(C)C(NC(=O)Cc1c(C)c2cc3c(C(C)(C)C)coc3c(C)c2oc1=O)C(=O)NCCCC(=O)O. The monoisotopic (exact) mass is 526 g/mol. The van der Waals surface area contributed by atoms with Crippen LogP contribution in [0.15, 0.2) is 26.0 Å². The van der Waals surface area contributed by atoms with Crippen LogP contribution in [0.25, 0.3) is 21.9 Å². The predicted octanol–water partition coefficient (Wildman–Crippen LogP) is 4.51. The second-order valence-electron chi connectivity index (χ2n) is 11.0. The molecule has 1 aromatic carbocycles. The number of rotatable bonds is 10. The van der Waals surface area contributed by atoms with Crippen LogP contribution in [0.1, 0.15) is 76.1 Å². The minimum atomic E-state index is -0.936. The summed E-state index contributed by atoms with van der Waals surface area (Å²) >= 11 is 0. The molecule has 0 bridgehead atoms. The predicted molar refractivity (Wildman–Crippen MR) is 145 cm³/mol. The highest BCUT2D eigenvalue weighted by atomic mass is 16.4. The van der Waals surface area contributed by atoms with Crippen LogP contribution in [0.3, 0.4) is 0 Å². The molecule has 3 N–H and O–H groups in total. The van der Waals surface area contributed by atoms with E-state index in [4.69, 9.17) is 13.9 Å². The first-order valence-corrected chi connectivity index (χ1v) is 13.0. The Morgan fingerprint density at radius 2 is 1.76 bits per heavy atom. The topological polar surface area (TPSA) is 139 Å². The van der Waals surface area contributed by atoms with Gasteiger partial charge >= 0.3 is 11.6 Å². The van der Waals surface area contributed by atoms with Gasteiger partial charge in [0.1, 0.15) is 17.2 Å². The number of hydrogen-bond acceptors (Lipinski definition) is 6. The van der Waals surface area contributed by atoms with Gasteiger partial charge in [0.2, 0.25) is 11.8 Å². The van der Waals surface area contributed by atoms with Gasteiger partial charge in [-0.05, 0) is 43.2 Å². The number of carbonyl (C=O) groups excluding carboxylic acids is 2. The van der Waals surface area contributed by atoms with Crippen molar-refractivity contribution in [2.75, 3.05) is 6.54 Å². The van der Waals surface area contributed by atoms with Crippen molar-refractivity contribution in [3.8, 4) is 0 Å². The van der Waals surface area contributed by atoms with Gasteiger partial charge in [-0.2, -0.15) is 0 Å². The van der Waals surface area contributed by atoms with Crippen LogP contribution in [0.4, 0.5) is 0 Å². The summed E-state index contributed by atoms with van der Waals surface area (Å²) < 4.78 is 11.5. The minimum absolute atomic E-state index is 0.0561. The lowest BCUT2D eigenvalue weighted by atomic mass is 9.86. The third kappa shape index (κ3) is 6.09. The Labute approximate surface area is 222 Å². The first-order chi connectivity index (χ1) is 17.8. The number of hydrogen-bond donors (Lipinski definition) is 3. The Morgan fingerprint density at radius 3 is 2.37 bits per heavy atom. The Morgan fingerprint density at radius 1 is 1.08 bits per heavy atom. The second-order valence-corrected chi connectivity index (χ2v) is 11.0. The summed E-state index contributed by atoms with van der Waals surface area (Å²) in [6.45, 7) is 13.9. The van der Waals surface area contributed by atoms with Gasteiger partial charge in [0, 0.05) is 34.9 Å². The molecule has 2 heterocycles. The summed E-state index contributed by atoms with van der Waals surface area (Å²) in [6, 6.07) is 1.14. The van der Waals surface area contributed by atoms with E-state index in [0.29, 0.717) is 29.6 Å². The fourth-order valence-electron chi connectivity index (χ4n) is 4.63. The molecule has 0 aliphatic carbocycles. The number of benzene rings is 1. The zero-order valence-electron chi connectivity index (χ0n) is 23.2. The molecule has 38 heavy (non-hydrogen) atoms. The third-order valence-electron chi connectivity index (χ3n) is 7.17. The van der Waals surface area contributed by atoms with Crippen LogP contribution in [0.2, 0.25) is 0 Å². The number of carbonyl (C=O) groups is 3. The zero-order chi connectivity index (χ0) is 28.4. The molecule has 2 atom stereocenters. The molecule has 0 radical (unpaired) electrons. The van der Waals surface area contributed by atoms with Crippen molar-refractivity contribution in [3.63, 3.8) is 0 Å². The Kier molecular flexibility index (Phi) is 8.69. The summed E-state index contributed by atoms with van der Waals surface area (Å²) in [4.78, 5) is 49.5. The Balaban J connectivity index is 1.90. The molecule has 2 amide bonds. The van der Waals surface area contributed by atoms with E-state index in [2.05, 4.69) is 31.4 Å². The van der Waals surface area contributed by atoms with Gasteiger partial charge in [0.05, 0.1) is 18.2 Å². The lowest BCUT2D eigenvalue weighted by molar-refractivity contribution is -0.137. The molecule has 9 nitrogen and oxygen atoms in total. The number of carboxylic acids is 1. The zero-order valence-corrected chi connectivity index (χ0v) is 23.2. The maximum atomic E-state index is 13.1. The van der Waals surface area contributed by atoms with Gasteiger partial charge in [0.25, 0.3) is 0 Å². The highest BCUT2D eigenvalue weighted by molar-refractivity contribution is 6.00. The Hall–Kier alpha value is -3.62. The third-order valence-corrected chi connectivity index (χ3v) is 7.17. The Bertz CT molecular complexity index is 1420. The van der Waals surface area contributed by atoms with E-state index >= 15 is 0 Å². The van der Waals surface area contributed by atoms with Gasteiger partial charge in [-0.15, -0.1) is 0 Å². The fourth-order valence-corrected chi connectivity index (χ4v) is 4.63. The van der Waals surface area contributed by atoms with Crippen LogP contribution in [-0.4, -0.2) is 35.5 Å². The molecule has 2 unspecified atom stereocenters. The lowest BCUT2D eigenvalue weighted by Crippen LogP contribution is -2.51. The maximum absolute atomic E-state index is 13.1. The van der Waals surface area contributed by atoms with Gasteiger partial charge in [-0.3, -0.25) is 14.4 Å². The second kappa shape index (κ2) is 11.4. The van der Waals surface area contributed by atoms with E-state index in [-0.39, 0.29) is 42.2 Å². The lowest BCUT2D eigenvalue weighted by Gasteiger charge is -2.23. The van der Waals surface area contributed by atoms with E-state index in [1.165, 1.54) is 0 Å². The van der Waals surface area contributed by atoms with E-state index in [1.807, 2.05) is 26.8 Å². The summed E-state index contributed by atoms with van der Waals surface area (Å²) in [7, 11) is 0. The summed E-state index contributed by atoms with van der Waals surface area (Å²) in [5, 5.41) is 15.9. The molecule has 2 aromatic heterocycles. The molecule has 0 fully saturated rings. The van der Waals surface area contributed by atoms with Gasteiger partial charge < -0.3 is 24.6 Å². The van der Waals surface area contributed by atoms with Crippen LogP contribution in [0, 0.1) is 19.8 Å². The average Bonchev–Trinajstić information content (AvgIpc) is 3.28. The highest BCUT2D eigenvalue weighted by Crippen LogP contribution is 2.37. The van der Waals surface area contributed by atoms with Crippen molar-refractivity contribution in [2.45, 2.75) is 85.6 Å². The molecule has 0 saturated carbocycles. The number of aryl methyl sites for hydroxylation is 2. The number of carboxylic acid groups (broad SMARTS) is 1. The number of aliphatic carboxylic acids is 1. The first kappa shape index (κ1) is 28.9. The van der Waals surface area contributed by atoms with Gasteiger partial charge in [-0.25, -0.2) is 4.79 Å². The fraction of sp³-hybridized carbons (Fsp3) is 0.517. The van der Waals surface area contributed by atoms with Crippen LogP contribution >= 0.6 is 0 Å². The van der Waals surface area contributed by atoms with Gasteiger partial charge in [0.15, 0.2) is 0 Å². The first-order valence-electron chi connectivity index (χ1n) is 13.0. The molecule has 3 aromatic rings. The maximum Gasteiger partial charge on any atom is 0.340 e. The quantitative estimate of drug-likeness (QED) is 0.261. The van der Waals surface area contributed by atoms with E-state index in [1.54, 1.807) is 13.2 Å². The smallest absolute Gasteiger partial charge is 0.340 e. The summed E-state index contributed by atoms with van der Waals surface area (Å²) in [6.07, 6.45) is 2.37. The molecule has 0 aliphatic heterocycles. The van der Waals surface area contributed by atoms with E-state index in [9.17, 15) is 19.2 Å². The molecule has 206 valence electrons. The van der Waals surface area contributed by atoms with Crippen molar-refractivity contribution >= 4 is 39.7 Å². The molecular weight excluding hydrogens is 488 g/mol. The van der Waals surface area contributed by atoms with Crippen molar-refractivity contribution in [3.05, 3.63) is 45.0 Å². The molecule has 0 aliphatic rings. The molecular formula is C29H38N2O7. The standard InChI is InChI=1S/C29H38N2O7/c1-8-15(2)24(27(35)30-11-9-10-23(33)34)31-22(32)13-19-16(3)18-12-20-21(29(5,6)7)14-37-25(20)17(4)26(18)38-28(19)36/h12,14-15,24H,8-11,13H2,1-7H3,(H,30,35)(H,31,32)(H,33,34). The molecule has 9 heteroatoms. The van der Waals surface area contributed by atoms with Crippen LogP contribution in [-0.2, 0) is 26.2 Å². The average molecular weight is 527 g/mol. The van der Waals surface area contributed by atoms with E-state index in [0.717, 1.165) is 21.9 Å². The van der Waals surface area contributed by atoms with Crippen molar-refractivity contribution in [1.29, 1.82) is 0 Å². The molecule has 0 spiro atoms. The highest BCUT2D eigenvalue weighted by Gasteiger charge is 2.28. The summed E-state index contributed by atoms with van der Waals surface area (Å²) in [5.74, 6) is -1.95. The number of nitrogens with one attached hydrogen (secondary N) is 2. The minimum Gasteiger partial charge on any atom is -0.481 e. The molecule has 0 saturated heterocycles. The number of fused-ring (bicyclic) bond motifs is 2. The van der Waals surface area contributed by atoms with Gasteiger partial charge in [-0.1, -0.05) is 41.0 Å². The normalized spacial score (nSPS) is 13.4. The number of amides is 2. The van der Waals surface area contributed by atoms with Crippen LogP contribution < -0.4 is 16.3 Å². The summed E-state index contributed by atoms with van der Waals surface area (Å²) in [5.41, 5.74) is 2.98. The van der Waals surface area contributed by atoms with Crippen LogP contribution in [0.5, 0.6) is 0 Å². The van der Waals surface area contributed by atoms with Crippen molar-refractivity contribution in [2.24, 2.45) is 5.92 Å². The van der Waals surface area contributed by atoms with E-state index < -0.39 is 23.5 Å². The number of furan rings is 1. The van der Waals surface area contributed by atoms with Crippen molar-refractivity contribution < 1.29 is 28.3 Å².